The zero-order chi connectivity index (χ0) is 25.9. The van der Waals surface area contributed by atoms with Crippen LogP contribution in [0.1, 0.15) is 65.0 Å². The second-order valence-corrected chi connectivity index (χ2v) is 10.2. The lowest BCUT2D eigenvalue weighted by molar-refractivity contribution is -0.134. The predicted octanol–water partition coefficient (Wildman–Crippen LogP) is 4.44. The fraction of sp³-hybridized carbons (Fsp3) is 0.500. The molecule has 3 rings (SSSR count). The maximum Gasteiger partial charge on any atom is 0.233 e. The maximum atomic E-state index is 14.2. The quantitative estimate of drug-likeness (QED) is 0.454. The Hall–Kier alpha value is -3.09. The molecule has 2 atom stereocenters. The molecule has 0 bridgehead atoms. The van der Waals surface area contributed by atoms with Gasteiger partial charge in [0, 0.05) is 37.2 Å². The van der Waals surface area contributed by atoms with E-state index in [1.807, 2.05) is 27.0 Å². The van der Waals surface area contributed by atoms with Crippen molar-refractivity contribution in [1.29, 1.82) is 0 Å². The summed E-state index contributed by atoms with van der Waals surface area (Å²) in [5.74, 6) is -0.477. The number of nitrogens with zero attached hydrogens (tertiary/aromatic N) is 1. The molecule has 0 radical (unpaired) electrons. The van der Waals surface area contributed by atoms with E-state index < -0.39 is 5.92 Å². The molecule has 35 heavy (non-hydrogen) atoms. The molecular formula is C28H39FN4O2. The van der Waals surface area contributed by atoms with Gasteiger partial charge >= 0.3 is 0 Å². The number of allylic oxidation sites excluding steroid dienone is 4. The number of nitrogens with one attached hydrogen (secondary N) is 2. The van der Waals surface area contributed by atoms with Gasteiger partial charge in [-0.25, -0.2) is 4.39 Å². The second-order valence-electron chi connectivity index (χ2n) is 10.2. The molecule has 1 aromatic carbocycles. The largest absolute Gasteiger partial charge is 0.402 e. The normalized spacial score (nSPS) is 22.7. The standard InChI is InChI=1S/C28H39FN4O2/c1-17(11-25(12-18(2)30)33-10-9-28(5,27(33)35)23-7-8-23)26(34)32-16-21-13-22(15-24(29)14-21)19(3)20(4)31-6/h11-15,17,23,31H,7-10,16,30H2,1-6H3,(H,32,34)/b18-12-,20-19+,25-11+/t17?,28-/m0/s1. The Morgan fingerprint density at radius 1 is 1.29 bits per heavy atom. The van der Waals surface area contributed by atoms with Crippen molar-refractivity contribution >= 4 is 17.4 Å². The predicted molar refractivity (Wildman–Crippen MR) is 138 cm³/mol. The van der Waals surface area contributed by atoms with Gasteiger partial charge < -0.3 is 21.3 Å². The molecule has 0 spiro atoms. The first-order valence-electron chi connectivity index (χ1n) is 12.4. The lowest BCUT2D eigenvalue weighted by Crippen LogP contribution is -2.34. The molecule has 190 valence electrons. The highest BCUT2D eigenvalue weighted by atomic mass is 19.1. The second kappa shape index (κ2) is 10.7. The summed E-state index contributed by atoms with van der Waals surface area (Å²) in [5.41, 5.74) is 10.2. The van der Waals surface area contributed by atoms with Gasteiger partial charge in [0.1, 0.15) is 5.82 Å². The van der Waals surface area contributed by atoms with Crippen LogP contribution < -0.4 is 16.4 Å². The van der Waals surface area contributed by atoms with Crippen molar-refractivity contribution in [3.8, 4) is 0 Å². The number of carbonyl (C=O) groups is 2. The molecule has 4 N–H and O–H groups in total. The minimum Gasteiger partial charge on any atom is -0.402 e. The molecule has 1 aliphatic heterocycles. The van der Waals surface area contributed by atoms with Crippen LogP contribution in [0.5, 0.6) is 0 Å². The molecule has 1 aliphatic carbocycles. The molecule has 1 unspecified atom stereocenters. The maximum absolute atomic E-state index is 14.2. The number of carbonyl (C=O) groups excluding carboxylic acids is 2. The summed E-state index contributed by atoms with van der Waals surface area (Å²) in [6.07, 6.45) is 6.58. The van der Waals surface area contributed by atoms with Gasteiger partial charge in [-0.15, -0.1) is 0 Å². The summed E-state index contributed by atoms with van der Waals surface area (Å²) >= 11 is 0. The molecule has 1 heterocycles. The van der Waals surface area contributed by atoms with E-state index in [0.29, 0.717) is 29.4 Å². The Bertz CT molecular complexity index is 1080. The minimum absolute atomic E-state index is 0.115. The van der Waals surface area contributed by atoms with E-state index in [9.17, 15) is 14.0 Å². The molecule has 2 amide bonds. The van der Waals surface area contributed by atoms with E-state index in [1.54, 1.807) is 30.9 Å². The van der Waals surface area contributed by atoms with E-state index >= 15 is 0 Å². The van der Waals surface area contributed by atoms with E-state index in [2.05, 4.69) is 17.6 Å². The monoisotopic (exact) mass is 482 g/mol. The SMILES string of the molecule is CN/C(C)=C(\C)c1cc(F)cc(CNC(=O)C(C)/C=C(\C=C(\C)N)N2CC[C@@](C)(C3CC3)C2=O)c1. The van der Waals surface area contributed by atoms with Crippen LogP contribution in [0.15, 0.2) is 47.4 Å². The van der Waals surface area contributed by atoms with Crippen molar-refractivity contribution in [3.63, 3.8) is 0 Å². The fourth-order valence-electron chi connectivity index (χ4n) is 4.71. The average Bonchev–Trinajstić information content (AvgIpc) is 3.62. The third kappa shape index (κ3) is 6.13. The number of halogens is 1. The molecule has 1 saturated carbocycles. The van der Waals surface area contributed by atoms with E-state index in [4.69, 9.17) is 5.73 Å². The van der Waals surface area contributed by atoms with Crippen molar-refractivity contribution in [2.24, 2.45) is 23.0 Å². The summed E-state index contributed by atoms with van der Waals surface area (Å²) in [4.78, 5) is 27.9. The van der Waals surface area contributed by atoms with Crippen molar-refractivity contribution < 1.29 is 14.0 Å². The first kappa shape index (κ1) is 26.5. The number of likely N-dealkylation sites (tertiary alicyclic amines) is 1. The Morgan fingerprint density at radius 3 is 2.57 bits per heavy atom. The molecule has 2 fully saturated rings. The van der Waals surface area contributed by atoms with Crippen LogP contribution in [-0.2, 0) is 16.1 Å². The average molecular weight is 483 g/mol. The van der Waals surface area contributed by atoms with Crippen LogP contribution in [0, 0.1) is 23.1 Å². The first-order chi connectivity index (χ1) is 16.5. The van der Waals surface area contributed by atoms with Crippen LogP contribution in [0.4, 0.5) is 4.39 Å². The molecule has 1 saturated heterocycles. The number of hydrogen-bond donors (Lipinski definition) is 3. The molecular weight excluding hydrogens is 443 g/mol. The Morgan fingerprint density at radius 2 is 1.97 bits per heavy atom. The summed E-state index contributed by atoms with van der Waals surface area (Å²) in [6, 6.07) is 4.80. The fourth-order valence-corrected chi connectivity index (χ4v) is 4.71. The molecule has 2 aliphatic rings. The number of amides is 2. The molecule has 0 aromatic heterocycles. The Balaban J connectivity index is 1.73. The highest BCUT2D eigenvalue weighted by molar-refractivity contribution is 5.87. The van der Waals surface area contributed by atoms with Crippen LogP contribution in [0.3, 0.4) is 0 Å². The van der Waals surface area contributed by atoms with Crippen LogP contribution in [-0.4, -0.2) is 30.3 Å². The summed E-state index contributed by atoms with van der Waals surface area (Å²) in [6.45, 7) is 10.3. The van der Waals surface area contributed by atoms with E-state index in [-0.39, 0.29) is 29.6 Å². The number of nitrogens with two attached hydrogens (primary N) is 1. The smallest absolute Gasteiger partial charge is 0.233 e. The molecule has 7 heteroatoms. The van der Waals surface area contributed by atoms with Gasteiger partial charge in [0.05, 0.1) is 11.3 Å². The van der Waals surface area contributed by atoms with E-state index in [0.717, 1.165) is 36.1 Å². The van der Waals surface area contributed by atoms with Gasteiger partial charge in [0.2, 0.25) is 11.8 Å². The van der Waals surface area contributed by atoms with E-state index in [1.165, 1.54) is 12.1 Å². The van der Waals surface area contributed by atoms with Crippen molar-refractivity contribution in [2.45, 2.75) is 60.4 Å². The first-order valence-corrected chi connectivity index (χ1v) is 12.4. The summed E-state index contributed by atoms with van der Waals surface area (Å²) < 4.78 is 14.2. The van der Waals surface area contributed by atoms with Crippen LogP contribution >= 0.6 is 0 Å². The van der Waals surface area contributed by atoms with Gasteiger partial charge in [-0.1, -0.05) is 13.8 Å². The Kier molecular flexibility index (Phi) is 8.08. The molecule has 6 nitrogen and oxygen atoms in total. The van der Waals surface area contributed by atoms with Gasteiger partial charge in [-0.05, 0) is 93.0 Å². The number of benzene rings is 1. The summed E-state index contributed by atoms with van der Waals surface area (Å²) in [7, 11) is 1.83. The van der Waals surface area contributed by atoms with Gasteiger partial charge in [-0.3, -0.25) is 9.59 Å². The zero-order valence-corrected chi connectivity index (χ0v) is 21.8. The lowest BCUT2D eigenvalue weighted by Gasteiger charge is -2.24. The van der Waals surface area contributed by atoms with Gasteiger partial charge in [-0.2, -0.15) is 0 Å². The Labute approximate surface area is 208 Å². The van der Waals surface area contributed by atoms with Gasteiger partial charge in [0.15, 0.2) is 0 Å². The third-order valence-electron chi connectivity index (χ3n) is 7.38. The van der Waals surface area contributed by atoms with Crippen molar-refractivity contribution in [3.05, 3.63) is 64.4 Å². The van der Waals surface area contributed by atoms with Gasteiger partial charge in [0.25, 0.3) is 0 Å². The highest BCUT2D eigenvalue weighted by Gasteiger charge is 2.52. The van der Waals surface area contributed by atoms with Crippen molar-refractivity contribution in [1.82, 2.24) is 15.5 Å². The van der Waals surface area contributed by atoms with Crippen LogP contribution in [0.2, 0.25) is 0 Å². The highest BCUT2D eigenvalue weighted by Crippen LogP contribution is 2.52. The number of hydrogen-bond acceptors (Lipinski definition) is 4. The third-order valence-corrected chi connectivity index (χ3v) is 7.38. The summed E-state index contributed by atoms with van der Waals surface area (Å²) in [5, 5.41) is 5.98. The number of rotatable bonds is 9. The molecule has 1 aromatic rings. The zero-order valence-electron chi connectivity index (χ0n) is 21.8. The lowest BCUT2D eigenvalue weighted by atomic mass is 9.83. The van der Waals surface area contributed by atoms with Crippen molar-refractivity contribution in [2.75, 3.05) is 13.6 Å². The van der Waals surface area contributed by atoms with Crippen LogP contribution in [0.25, 0.3) is 5.57 Å². The minimum atomic E-state index is -0.498. The topological polar surface area (TPSA) is 87.5 Å².